The second-order valence-corrected chi connectivity index (χ2v) is 5.76. The molecule has 0 amide bonds. The Balaban J connectivity index is 2.30. The van der Waals surface area contributed by atoms with E-state index in [9.17, 15) is 8.42 Å². The molecular weight excluding hydrogens is 266 g/mol. The molecule has 0 unspecified atom stereocenters. The maximum atomic E-state index is 12.1. The lowest BCUT2D eigenvalue weighted by atomic mass is 10.3. The Hall–Kier alpha value is -2.15. The lowest BCUT2D eigenvalue weighted by molar-refractivity contribution is 0.417. The summed E-state index contributed by atoms with van der Waals surface area (Å²) in [6.07, 6.45) is 3.19. The smallest absolute Gasteiger partial charge is 0.263 e. The van der Waals surface area contributed by atoms with Gasteiger partial charge < -0.3 is 15.0 Å². The summed E-state index contributed by atoms with van der Waals surface area (Å²) in [5, 5.41) is 0. The first kappa shape index (κ1) is 13.3. The summed E-state index contributed by atoms with van der Waals surface area (Å²) in [5.74, 6) is 0.424. The normalized spacial score (nSPS) is 11.3. The van der Waals surface area contributed by atoms with Gasteiger partial charge in [0, 0.05) is 25.5 Å². The van der Waals surface area contributed by atoms with E-state index in [0.29, 0.717) is 17.1 Å². The van der Waals surface area contributed by atoms with Gasteiger partial charge in [0.2, 0.25) is 0 Å². The fourth-order valence-corrected chi connectivity index (χ4v) is 2.73. The first-order valence-electron chi connectivity index (χ1n) is 5.50. The number of benzene rings is 1. The van der Waals surface area contributed by atoms with Crippen LogP contribution in [-0.2, 0) is 17.1 Å². The molecule has 7 heteroatoms. The highest BCUT2D eigenvalue weighted by Gasteiger charge is 2.15. The standard InChI is InChI=1S/C12H15N3O3S/c1-15-6-5-10(8-15)19(16,17)14-9-3-4-11(13)12(7-9)18-2/h3-8,14H,13H2,1-2H3. The van der Waals surface area contributed by atoms with Crippen LogP contribution in [0.25, 0.3) is 0 Å². The molecule has 19 heavy (non-hydrogen) atoms. The predicted octanol–water partition coefficient (Wildman–Crippen LogP) is 1.42. The highest BCUT2D eigenvalue weighted by atomic mass is 32.2. The van der Waals surface area contributed by atoms with E-state index in [1.54, 1.807) is 29.9 Å². The van der Waals surface area contributed by atoms with Crippen molar-refractivity contribution in [3.8, 4) is 5.75 Å². The zero-order valence-corrected chi connectivity index (χ0v) is 11.4. The molecule has 0 aliphatic carbocycles. The predicted molar refractivity (Wildman–Crippen MR) is 73.6 cm³/mol. The van der Waals surface area contributed by atoms with Crippen LogP contribution in [0.15, 0.2) is 41.6 Å². The third-order valence-corrected chi connectivity index (χ3v) is 3.97. The number of anilines is 2. The van der Waals surface area contributed by atoms with Gasteiger partial charge in [-0.05, 0) is 18.2 Å². The lowest BCUT2D eigenvalue weighted by Gasteiger charge is -2.09. The van der Waals surface area contributed by atoms with Crippen LogP contribution in [0.2, 0.25) is 0 Å². The van der Waals surface area contributed by atoms with Crippen molar-refractivity contribution in [1.82, 2.24) is 4.57 Å². The van der Waals surface area contributed by atoms with Crippen molar-refractivity contribution >= 4 is 21.4 Å². The van der Waals surface area contributed by atoms with Gasteiger partial charge in [0.15, 0.2) is 0 Å². The number of rotatable bonds is 4. The molecule has 3 N–H and O–H groups in total. The van der Waals surface area contributed by atoms with Gasteiger partial charge in [-0.2, -0.15) is 0 Å². The van der Waals surface area contributed by atoms with Crippen LogP contribution in [0, 0.1) is 0 Å². The summed E-state index contributed by atoms with van der Waals surface area (Å²) in [7, 11) is -0.369. The molecular formula is C12H15N3O3S. The summed E-state index contributed by atoms with van der Waals surface area (Å²) in [4.78, 5) is 0.200. The molecule has 1 aromatic carbocycles. The van der Waals surface area contributed by atoms with Crippen molar-refractivity contribution in [1.29, 1.82) is 0 Å². The maximum absolute atomic E-state index is 12.1. The first-order valence-corrected chi connectivity index (χ1v) is 6.99. The number of methoxy groups -OCH3 is 1. The number of nitrogens with two attached hydrogens (primary N) is 1. The number of sulfonamides is 1. The molecule has 1 aromatic heterocycles. The van der Waals surface area contributed by atoms with Gasteiger partial charge in [0.1, 0.15) is 10.6 Å². The van der Waals surface area contributed by atoms with Crippen molar-refractivity contribution in [2.75, 3.05) is 17.6 Å². The van der Waals surface area contributed by atoms with Gasteiger partial charge in [0.25, 0.3) is 10.0 Å². The van der Waals surface area contributed by atoms with Gasteiger partial charge in [-0.15, -0.1) is 0 Å². The first-order chi connectivity index (χ1) is 8.92. The SMILES string of the molecule is COc1cc(NS(=O)(=O)c2ccn(C)c2)ccc1N. The van der Waals surface area contributed by atoms with Crippen molar-refractivity contribution in [2.45, 2.75) is 4.90 Å². The summed E-state index contributed by atoms with van der Waals surface area (Å²) >= 11 is 0. The molecule has 0 saturated heterocycles. The van der Waals surface area contributed by atoms with Crippen molar-refractivity contribution < 1.29 is 13.2 Å². The molecule has 0 radical (unpaired) electrons. The molecule has 102 valence electrons. The van der Waals surface area contributed by atoms with Crippen LogP contribution in [0.5, 0.6) is 5.75 Å². The van der Waals surface area contributed by atoms with E-state index in [1.165, 1.54) is 25.4 Å². The van der Waals surface area contributed by atoms with Crippen LogP contribution in [0.1, 0.15) is 0 Å². The zero-order valence-electron chi connectivity index (χ0n) is 10.6. The van der Waals surface area contributed by atoms with Crippen LogP contribution in [0.4, 0.5) is 11.4 Å². The third kappa shape index (κ3) is 2.82. The number of aryl methyl sites for hydroxylation is 1. The Morgan fingerprint density at radius 2 is 2.05 bits per heavy atom. The lowest BCUT2D eigenvalue weighted by Crippen LogP contribution is -2.12. The van der Waals surface area contributed by atoms with Crippen LogP contribution in [-0.4, -0.2) is 20.1 Å². The molecule has 2 aromatic rings. The van der Waals surface area contributed by atoms with Crippen molar-refractivity contribution in [3.05, 3.63) is 36.7 Å². The van der Waals surface area contributed by atoms with Crippen LogP contribution in [0.3, 0.4) is 0 Å². The van der Waals surface area contributed by atoms with E-state index in [-0.39, 0.29) is 4.90 Å². The quantitative estimate of drug-likeness (QED) is 0.830. The average Bonchev–Trinajstić information content (AvgIpc) is 2.79. The second kappa shape index (κ2) is 4.85. The molecule has 1 heterocycles. The molecule has 6 nitrogen and oxygen atoms in total. The van der Waals surface area contributed by atoms with E-state index < -0.39 is 10.0 Å². The van der Waals surface area contributed by atoms with Crippen molar-refractivity contribution in [2.24, 2.45) is 7.05 Å². The van der Waals surface area contributed by atoms with E-state index in [4.69, 9.17) is 10.5 Å². The topological polar surface area (TPSA) is 86.3 Å². The Morgan fingerprint density at radius 3 is 2.63 bits per heavy atom. The zero-order chi connectivity index (χ0) is 14.0. The summed E-state index contributed by atoms with van der Waals surface area (Å²) < 4.78 is 33.4. The summed E-state index contributed by atoms with van der Waals surface area (Å²) in [6.45, 7) is 0. The van der Waals surface area contributed by atoms with Gasteiger partial charge in [0.05, 0.1) is 18.5 Å². The molecule has 0 spiro atoms. The van der Waals surface area contributed by atoms with E-state index in [1.807, 2.05) is 0 Å². The molecule has 2 rings (SSSR count). The Kier molecular flexibility index (Phi) is 3.39. The Bertz CT molecular complexity index is 692. The molecule has 0 bridgehead atoms. The fourth-order valence-electron chi connectivity index (χ4n) is 1.63. The van der Waals surface area contributed by atoms with E-state index in [0.717, 1.165) is 0 Å². The fraction of sp³-hybridized carbons (Fsp3) is 0.167. The minimum atomic E-state index is -3.60. The van der Waals surface area contributed by atoms with E-state index in [2.05, 4.69) is 4.72 Å². The number of hydrogen-bond donors (Lipinski definition) is 2. The number of nitrogens with one attached hydrogen (secondary N) is 1. The molecule has 0 atom stereocenters. The number of ether oxygens (including phenoxy) is 1. The molecule has 0 saturated carbocycles. The maximum Gasteiger partial charge on any atom is 0.263 e. The average molecular weight is 281 g/mol. The van der Waals surface area contributed by atoms with Gasteiger partial charge >= 0.3 is 0 Å². The molecule has 0 aliphatic rings. The Morgan fingerprint density at radius 1 is 1.32 bits per heavy atom. The highest BCUT2D eigenvalue weighted by molar-refractivity contribution is 7.92. The number of nitrogen functional groups attached to an aromatic ring is 1. The second-order valence-electron chi connectivity index (χ2n) is 4.07. The summed E-state index contributed by atoms with van der Waals surface area (Å²) in [5.41, 5.74) is 6.52. The number of hydrogen-bond acceptors (Lipinski definition) is 4. The largest absolute Gasteiger partial charge is 0.495 e. The number of aromatic nitrogens is 1. The Labute approximate surface area is 111 Å². The third-order valence-electron chi connectivity index (χ3n) is 2.60. The highest BCUT2D eigenvalue weighted by Crippen LogP contribution is 2.26. The number of nitrogens with zero attached hydrogens (tertiary/aromatic N) is 1. The molecule has 0 fully saturated rings. The monoisotopic (exact) mass is 281 g/mol. The van der Waals surface area contributed by atoms with Gasteiger partial charge in [-0.3, -0.25) is 4.72 Å². The van der Waals surface area contributed by atoms with Gasteiger partial charge in [-0.1, -0.05) is 0 Å². The van der Waals surface area contributed by atoms with Gasteiger partial charge in [-0.25, -0.2) is 8.42 Å². The molecule has 0 aliphatic heterocycles. The van der Waals surface area contributed by atoms with Crippen LogP contribution >= 0.6 is 0 Å². The summed E-state index contributed by atoms with van der Waals surface area (Å²) in [6, 6.07) is 6.23. The minimum absolute atomic E-state index is 0.200. The minimum Gasteiger partial charge on any atom is -0.495 e. The van der Waals surface area contributed by atoms with E-state index >= 15 is 0 Å². The van der Waals surface area contributed by atoms with Crippen molar-refractivity contribution in [3.63, 3.8) is 0 Å². The van der Waals surface area contributed by atoms with Crippen LogP contribution < -0.4 is 15.2 Å².